The van der Waals surface area contributed by atoms with Crippen LogP contribution in [0.3, 0.4) is 0 Å². The van der Waals surface area contributed by atoms with Gasteiger partial charge in [0.05, 0.1) is 0 Å². The molecule has 1 aliphatic heterocycles. The molecule has 0 saturated carbocycles. The Morgan fingerprint density at radius 2 is 1.50 bits per heavy atom. The first-order valence-corrected chi connectivity index (χ1v) is 9.87. The zero-order chi connectivity index (χ0) is 4.62. The molecule has 1 heteroatoms. The predicted molar refractivity (Wildman–Crippen MR) is 31.7 cm³/mol. The first kappa shape index (κ1) is 4.70. The maximum absolute atomic E-state index is 2.52. The zero-order valence-electron chi connectivity index (χ0n) is 4.62. The molecule has 1 aliphatic rings. The van der Waals surface area contributed by atoms with Crippen molar-refractivity contribution in [2.24, 2.45) is 0 Å². The fourth-order valence-corrected chi connectivity index (χ4v) is 4.59. The third-order valence-electron chi connectivity index (χ3n) is 1.71. The molecule has 0 aromatic rings. The van der Waals surface area contributed by atoms with Gasteiger partial charge in [-0.2, -0.15) is 0 Å². The Labute approximate surface area is 42.3 Å². The van der Waals surface area contributed by atoms with Gasteiger partial charge in [-0.1, -0.05) is 0 Å². The van der Waals surface area contributed by atoms with Crippen LogP contribution >= 0.6 is 0 Å². The summed E-state index contributed by atoms with van der Waals surface area (Å²) in [6.45, 7) is 0. The molecule has 0 spiro atoms. The molecule has 0 amide bonds. The van der Waals surface area contributed by atoms with E-state index < -0.39 is 13.3 Å². The van der Waals surface area contributed by atoms with Crippen LogP contribution in [0.1, 0.15) is 6.42 Å². The van der Waals surface area contributed by atoms with E-state index in [2.05, 4.69) is 11.5 Å². The van der Waals surface area contributed by atoms with Crippen LogP contribution in [0.4, 0.5) is 0 Å². The molecule has 1 rings (SSSR count). The van der Waals surface area contributed by atoms with Crippen molar-refractivity contribution in [2.45, 2.75) is 28.4 Å². The van der Waals surface area contributed by atoms with Crippen LogP contribution in [-0.2, 0) is 0 Å². The van der Waals surface area contributed by atoms with Crippen molar-refractivity contribution in [3.63, 3.8) is 0 Å². The van der Waals surface area contributed by atoms with Crippen molar-refractivity contribution in [3.05, 3.63) is 0 Å². The predicted octanol–water partition coefficient (Wildman–Crippen LogP) is 2.10. The van der Waals surface area contributed by atoms with Crippen molar-refractivity contribution in [3.8, 4) is 0 Å². The molecule has 6 heavy (non-hydrogen) atoms. The quantitative estimate of drug-likeness (QED) is 0.457. The molecular formula is C5H12Ge. The summed E-state index contributed by atoms with van der Waals surface area (Å²) in [6.07, 6.45) is 1.55. The summed E-state index contributed by atoms with van der Waals surface area (Å²) in [5.41, 5.74) is 0. The van der Waals surface area contributed by atoms with Gasteiger partial charge in [0, 0.05) is 0 Å². The van der Waals surface area contributed by atoms with Crippen LogP contribution < -0.4 is 0 Å². The van der Waals surface area contributed by atoms with Gasteiger partial charge >= 0.3 is 41.7 Å². The normalized spacial score (nSPS) is 29.0. The molecule has 1 fully saturated rings. The van der Waals surface area contributed by atoms with Crippen molar-refractivity contribution in [1.82, 2.24) is 0 Å². The molecule has 0 N–H and O–H groups in total. The van der Waals surface area contributed by atoms with E-state index in [0.717, 1.165) is 0 Å². The van der Waals surface area contributed by atoms with Crippen molar-refractivity contribution in [1.29, 1.82) is 0 Å². The Kier molecular flexibility index (Phi) is 0.983. The molecule has 0 nitrogen and oxygen atoms in total. The summed E-state index contributed by atoms with van der Waals surface area (Å²) < 4.78 is 0. The van der Waals surface area contributed by atoms with E-state index in [1.807, 2.05) is 0 Å². The summed E-state index contributed by atoms with van der Waals surface area (Å²) in [5.74, 6) is 5.03. The third-order valence-corrected chi connectivity index (χ3v) is 8.87. The molecule has 1 saturated heterocycles. The minimum absolute atomic E-state index is 0.861. The Balaban J connectivity index is 2.31. The standard InChI is InChI=1S/C5H12Ge/c1-6(2)4-3-5-6/h3-5H2,1-2H3. The average molecular weight is 145 g/mol. The van der Waals surface area contributed by atoms with Crippen LogP contribution in [-0.4, -0.2) is 13.3 Å². The number of rotatable bonds is 0. The fourth-order valence-electron chi connectivity index (χ4n) is 0.884. The van der Waals surface area contributed by atoms with Gasteiger partial charge in [-0.05, 0) is 0 Å². The summed E-state index contributed by atoms with van der Waals surface area (Å²) in [6, 6.07) is 0. The summed E-state index contributed by atoms with van der Waals surface area (Å²) in [7, 11) is 0. The monoisotopic (exact) mass is 146 g/mol. The van der Waals surface area contributed by atoms with Crippen LogP contribution in [0.5, 0.6) is 0 Å². The van der Waals surface area contributed by atoms with E-state index in [-0.39, 0.29) is 0 Å². The minimum atomic E-state index is -0.861. The first-order valence-electron chi connectivity index (χ1n) is 2.71. The van der Waals surface area contributed by atoms with Crippen LogP contribution in [0.15, 0.2) is 0 Å². The van der Waals surface area contributed by atoms with E-state index in [0.29, 0.717) is 0 Å². The van der Waals surface area contributed by atoms with Crippen molar-refractivity contribution >= 4 is 13.3 Å². The van der Waals surface area contributed by atoms with Crippen LogP contribution in [0.25, 0.3) is 0 Å². The van der Waals surface area contributed by atoms with Gasteiger partial charge in [0.25, 0.3) is 0 Å². The number of hydrogen-bond donors (Lipinski definition) is 0. The summed E-state index contributed by atoms with van der Waals surface area (Å²) in [5, 5.41) is 3.28. The van der Waals surface area contributed by atoms with E-state index in [1.165, 1.54) is 0 Å². The van der Waals surface area contributed by atoms with Crippen LogP contribution in [0.2, 0.25) is 22.0 Å². The van der Waals surface area contributed by atoms with Crippen molar-refractivity contribution < 1.29 is 0 Å². The van der Waals surface area contributed by atoms with Gasteiger partial charge in [-0.3, -0.25) is 0 Å². The first-order chi connectivity index (χ1) is 2.71. The molecule has 0 atom stereocenters. The fraction of sp³-hybridized carbons (Fsp3) is 1.00. The van der Waals surface area contributed by atoms with E-state index in [9.17, 15) is 0 Å². The number of hydrogen-bond acceptors (Lipinski definition) is 0. The second kappa shape index (κ2) is 1.26. The molecule has 0 aromatic heterocycles. The Morgan fingerprint density at radius 3 is 1.50 bits per heavy atom. The van der Waals surface area contributed by atoms with Gasteiger partial charge in [-0.15, -0.1) is 0 Å². The molecule has 0 aliphatic carbocycles. The van der Waals surface area contributed by atoms with Gasteiger partial charge in [-0.25, -0.2) is 0 Å². The Morgan fingerprint density at radius 1 is 1.17 bits per heavy atom. The maximum atomic E-state index is 2.52. The van der Waals surface area contributed by atoms with E-state index >= 15 is 0 Å². The second-order valence-corrected chi connectivity index (χ2v) is 14.2. The molecule has 0 unspecified atom stereocenters. The van der Waals surface area contributed by atoms with Crippen LogP contribution in [0, 0.1) is 0 Å². The second-order valence-electron chi connectivity index (χ2n) is 3.02. The zero-order valence-corrected chi connectivity index (χ0v) is 6.72. The summed E-state index contributed by atoms with van der Waals surface area (Å²) >= 11 is -0.861. The molecule has 0 radical (unpaired) electrons. The van der Waals surface area contributed by atoms with Gasteiger partial charge in [0.1, 0.15) is 0 Å². The molecule has 36 valence electrons. The van der Waals surface area contributed by atoms with E-state index in [1.54, 1.807) is 16.9 Å². The Bertz CT molecular complexity index is 51.0. The van der Waals surface area contributed by atoms with E-state index in [4.69, 9.17) is 0 Å². The van der Waals surface area contributed by atoms with Gasteiger partial charge in [0.15, 0.2) is 0 Å². The molecule has 0 aromatic carbocycles. The van der Waals surface area contributed by atoms with Gasteiger partial charge in [0.2, 0.25) is 0 Å². The van der Waals surface area contributed by atoms with Crippen molar-refractivity contribution in [2.75, 3.05) is 0 Å². The molecule has 0 bridgehead atoms. The SMILES string of the molecule is [CH3][Ge]1([CH3])[CH2]C[CH2]1. The topological polar surface area (TPSA) is 0 Å². The third kappa shape index (κ3) is 0.781. The summed E-state index contributed by atoms with van der Waals surface area (Å²) in [4.78, 5) is 0. The van der Waals surface area contributed by atoms with Gasteiger partial charge < -0.3 is 0 Å². The molecular weight excluding hydrogens is 133 g/mol. The molecule has 1 heterocycles. The average Bonchev–Trinajstić information content (AvgIpc) is 1.32. The Hall–Kier alpha value is 0.543.